The van der Waals surface area contributed by atoms with Crippen LogP contribution in [0.5, 0.6) is 0 Å². The summed E-state index contributed by atoms with van der Waals surface area (Å²) in [6, 6.07) is 16.0. The second-order valence-corrected chi connectivity index (χ2v) is 5.94. The molecule has 0 radical (unpaired) electrons. The van der Waals surface area contributed by atoms with Crippen molar-refractivity contribution < 1.29 is 9.53 Å². The maximum Gasteiger partial charge on any atom is 0.340 e. The van der Waals surface area contributed by atoms with Gasteiger partial charge in [-0.1, -0.05) is 31.2 Å². The van der Waals surface area contributed by atoms with Gasteiger partial charge in [-0.2, -0.15) is 0 Å². The number of rotatable bonds is 3. The van der Waals surface area contributed by atoms with Crippen molar-refractivity contribution in [1.82, 2.24) is 9.38 Å². The van der Waals surface area contributed by atoms with E-state index in [1.807, 2.05) is 42.6 Å². The van der Waals surface area contributed by atoms with Crippen LogP contribution in [0.1, 0.15) is 34.5 Å². The first kappa shape index (κ1) is 14.6. The fourth-order valence-electron chi connectivity index (χ4n) is 3.40. The molecule has 4 heteroatoms. The molecule has 24 heavy (non-hydrogen) atoms. The Morgan fingerprint density at radius 3 is 2.79 bits per heavy atom. The average Bonchev–Trinajstić information content (AvgIpc) is 3.22. The first-order valence-electron chi connectivity index (χ1n) is 7.95. The normalized spacial score (nSPS) is 12.6. The van der Waals surface area contributed by atoms with Gasteiger partial charge in [0.2, 0.25) is 0 Å². The average molecular weight is 318 g/mol. The molecular formula is C20H18N2O2. The fourth-order valence-corrected chi connectivity index (χ4v) is 3.40. The van der Waals surface area contributed by atoms with Gasteiger partial charge >= 0.3 is 5.97 Å². The van der Waals surface area contributed by atoms with Gasteiger partial charge in [0.15, 0.2) is 0 Å². The third-order valence-electron chi connectivity index (χ3n) is 4.64. The summed E-state index contributed by atoms with van der Waals surface area (Å²) in [5.41, 5.74) is 4.86. The molecule has 0 saturated heterocycles. The number of methoxy groups -OCH3 is 1. The van der Waals surface area contributed by atoms with Crippen LogP contribution in [0.15, 0.2) is 60.9 Å². The highest BCUT2D eigenvalue weighted by Crippen LogP contribution is 2.33. The number of hydrogen-bond acceptors (Lipinski definition) is 2. The van der Waals surface area contributed by atoms with Gasteiger partial charge in [0, 0.05) is 34.9 Å². The van der Waals surface area contributed by atoms with Crippen LogP contribution in [0.25, 0.3) is 16.4 Å². The molecule has 1 atom stereocenters. The van der Waals surface area contributed by atoms with Crippen molar-refractivity contribution in [3.05, 3.63) is 77.7 Å². The van der Waals surface area contributed by atoms with Crippen molar-refractivity contribution in [3.8, 4) is 0 Å². The van der Waals surface area contributed by atoms with Crippen molar-refractivity contribution in [2.45, 2.75) is 12.8 Å². The number of aromatic amines is 1. The van der Waals surface area contributed by atoms with E-state index in [9.17, 15) is 4.79 Å². The summed E-state index contributed by atoms with van der Waals surface area (Å²) in [5.74, 6) is -0.175. The van der Waals surface area contributed by atoms with E-state index in [1.54, 1.807) is 0 Å². The summed E-state index contributed by atoms with van der Waals surface area (Å²) >= 11 is 0. The predicted octanol–water partition coefficient (Wildman–Crippen LogP) is 4.36. The number of benzene rings is 1. The van der Waals surface area contributed by atoms with Gasteiger partial charge in [-0.05, 0) is 29.8 Å². The topological polar surface area (TPSA) is 46.5 Å². The molecule has 0 aliphatic carbocycles. The van der Waals surface area contributed by atoms with Gasteiger partial charge in [-0.25, -0.2) is 4.79 Å². The Bertz CT molecular complexity index is 1040. The van der Waals surface area contributed by atoms with Crippen molar-refractivity contribution >= 4 is 22.4 Å². The molecule has 0 spiro atoms. The third kappa shape index (κ3) is 2.11. The Hall–Kier alpha value is -3.01. The van der Waals surface area contributed by atoms with E-state index in [2.05, 4.69) is 34.6 Å². The van der Waals surface area contributed by atoms with Gasteiger partial charge in [0.25, 0.3) is 0 Å². The number of hydrogen-bond donors (Lipinski definition) is 1. The molecule has 1 unspecified atom stereocenters. The molecule has 120 valence electrons. The van der Waals surface area contributed by atoms with E-state index >= 15 is 0 Å². The van der Waals surface area contributed by atoms with Crippen LogP contribution >= 0.6 is 0 Å². The molecule has 0 bridgehead atoms. The number of para-hydroxylation sites is 1. The second-order valence-electron chi connectivity index (χ2n) is 5.94. The van der Waals surface area contributed by atoms with Crippen LogP contribution in [0, 0.1) is 0 Å². The van der Waals surface area contributed by atoms with Gasteiger partial charge < -0.3 is 14.1 Å². The van der Waals surface area contributed by atoms with Crippen LogP contribution in [-0.2, 0) is 4.74 Å². The number of esters is 1. The fraction of sp³-hybridized carbons (Fsp3) is 0.150. The minimum atomic E-state index is -0.309. The van der Waals surface area contributed by atoms with E-state index in [0.29, 0.717) is 5.56 Å². The number of nitrogens with one attached hydrogen (secondary N) is 1. The Morgan fingerprint density at radius 2 is 1.96 bits per heavy atom. The van der Waals surface area contributed by atoms with Crippen LogP contribution < -0.4 is 0 Å². The number of fused-ring (bicyclic) bond motifs is 2. The number of carbonyl (C=O) groups excluding carboxylic acids is 1. The lowest BCUT2D eigenvalue weighted by molar-refractivity contribution is 0.0603. The smallest absolute Gasteiger partial charge is 0.340 e. The molecule has 4 nitrogen and oxygen atoms in total. The molecule has 3 heterocycles. The predicted molar refractivity (Wildman–Crippen MR) is 94.6 cm³/mol. The van der Waals surface area contributed by atoms with Gasteiger partial charge in [-0.15, -0.1) is 0 Å². The van der Waals surface area contributed by atoms with Crippen LogP contribution in [-0.4, -0.2) is 22.5 Å². The van der Waals surface area contributed by atoms with E-state index in [-0.39, 0.29) is 11.9 Å². The molecule has 0 aliphatic rings. The minimum absolute atomic E-state index is 0.134. The molecule has 0 fully saturated rings. The maximum absolute atomic E-state index is 12.1. The summed E-state index contributed by atoms with van der Waals surface area (Å²) in [7, 11) is 1.41. The molecule has 3 aromatic heterocycles. The standard InChI is InChI=1S/C20H18N2O2/c1-13(16-12-21-17-8-4-3-7-14(16)17)19-11-15(20(23)24-2)18-9-5-6-10-22(18)19/h3-13,21H,1-2H3. The number of H-pyrrole nitrogens is 1. The number of pyridine rings is 1. The zero-order valence-electron chi connectivity index (χ0n) is 13.6. The zero-order valence-corrected chi connectivity index (χ0v) is 13.6. The van der Waals surface area contributed by atoms with Gasteiger partial charge in [0.1, 0.15) is 0 Å². The van der Waals surface area contributed by atoms with Crippen molar-refractivity contribution in [2.75, 3.05) is 7.11 Å². The van der Waals surface area contributed by atoms with E-state index < -0.39 is 0 Å². The molecule has 0 aliphatic heterocycles. The van der Waals surface area contributed by atoms with Crippen LogP contribution in [0.3, 0.4) is 0 Å². The quantitative estimate of drug-likeness (QED) is 0.571. The molecule has 1 aromatic carbocycles. The first-order valence-corrected chi connectivity index (χ1v) is 7.95. The maximum atomic E-state index is 12.1. The monoisotopic (exact) mass is 318 g/mol. The molecule has 4 aromatic rings. The Labute approximate surface area is 139 Å². The Morgan fingerprint density at radius 1 is 1.17 bits per heavy atom. The Kier molecular flexibility index (Phi) is 3.38. The summed E-state index contributed by atoms with van der Waals surface area (Å²) in [4.78, 5) is 15.4. The highest BCUT2D eigenvalue weighted by molar-refractivity contribution is 5.98. The molecule has 0 saturated carbocycles. The lowest BCUT2D eigenvalue weighted by Crippen LogP contribution is -2.00. The molecular weight excluding hydrogens is 300 g/mol. The van der Waals surface area contributed by atoms with Crippen LogP contribution in [0.2, 0.25) is 0 Å². The summed E-state index contributed by atoms with van der Waals surface area (Å²) < 4.78 is 7.01. The number of nitrogens with zero attached hydrogens (tertiary/aromatic N) is 1. The summed E-state index contributed by atoms with van der Waals surface area (Å²) in [5, 5.41) is 1.20. The largest absolute Gasteiger partial charge is 0.465 e. The zero-order chi connectivity index (χ0) is 16.7. The minimum Gasteiger partial charge on any atom is -0.465 e. The van der Waals surface area contributed by atoms with Crippen molar-refractivity contribution in [2.24, 2.45) is 0 Å². The number of aromatic nitrogens is 2. The highest BCUT2D eigenvalue weighted by atomic mass is 16.5. The number of carbonyl (C=O) groups is 1. The van der Waals surface area contributed by atoms with E-state index in [1.165, 1.54) is 18.1 Å². The van der Waals surface area contributed by atoms with E-state index in [4.69, 9.17) is 4.74 Å². The second kappa shape index (κ2) is 5.57. The highest BCUT2D eigenvalue weighted by Gasteiger charge is 2.21. The SMILES string of the molecule is COC(=O)c1cc(C(C)c2c[nH]c3ccccc23)n2ccccc12. The number of ether oxygens (including phenoxy) is 1. The molecule has 1 N–H and O–H groups in total. The summed E-state index contributed by atoms with van der Waals surface area (Å²) in [6.07, 6.45) is 4.04. The molecule has 0 amide bonds. The third-order valence-corrected chi connectivity index (χ3v) is 4.64. The summed E-state index contributed by atoms with van der Waals surface area (Å²) in [6.45, 7) is 2.16. The lowest BCUT2D eigenvalue weighted by Gasteiger charge is -2.11. The Balaban J connectivity index is 1.91. The van der Waals surface area contributed by atoms with Crippen LogP contribution in [0.4, 0.5) is 0 Å². The van der Waals surface area contributed by atoms with E-state index in [0.717, 1.165) is 16.7 Å². The van der Waals surface area contributed by atoms with Gasteiger partial charge in [0.05, 0.1) is 18.2 Å². The lowest BCUT2D eigenvalue weighted by atomic mass is 9.97. The van der Waals surface area contributed by atoms with Crippen molar-refractivity contribution in [1.29, 1.82) is 0 Å². The van der Waals surface area contributed by atoms with Gasteiger partial charge in [-0.3, -0.25) is 0 Å². The van der Waals surface area contributed by atoms with Crippen molar-refractivity contribution in [3.63, 3.8) is 0 Å². The first-order chi connectivity index (χ1) is 11.7. The molecule has 4 rings (SSSR count).